The Kier molecular flexibility index (Phi) is 4.03. The maximum atomic E-state index is 10.4. The molecule has 5 heteroatoms. The molecule has 78 valence electrons. The maximum Gasteiger partial charge on any atom is 0.304 e. The molecule has 0 saturated heterocycles. The third kappa shape index (κ3) is 3.85. The molecule has 1 aromatic rings. The minimum absolute atomic E-state index is 0.00472. The fourth-order valence-electron chi connectivity index (χ4n) is 1.10. The lowest BCUT2D eigenvalue weighted by atomic mass is 10.2. The molecule has 0 bridgehead atoms. The number of hydrogen-bond acceptors (Lipinski definition) is 4. The van der Waals surface area contributed by atoms with Crippen LogP contribution in [0.15, 0.2) is 6.20 Å². The normalized spacial score (nSPS) is 12.7. The van der Waals surface area contributed by atoms with Crippen molar-refractivity contribution in [1.82, 2.24) is 10.3 Å². The van der Waals surface area contributed by atoms with Gasteiger partial charge in [-0.1, -0.05) is 0 Å². The van der Waals surface area contributed by atoms with Gasteiger partial charge in [-0.25, -0.2) is 4.98 Å². The first-order valence-electron chi connectivity index (χ1n) is 4.44. The summed E-state index contributed by atoms with van der Waals surface area (Å²) in [6.07, 6.45) is 1.97. The summed E-state index contributed by atoms with van der Waals surface area (Å²) in [6, 6.07) is -0.00472. The second-order valence-corrected chi connectivity index (χ2v) is 4.54. The number of aromatic nitrogens is 1. The molecule has 14 heavy (non-hydrogen) atoms. The average Bonchev–Trinajstić information content (AvgIpc) is 2.47. The van der Waals surface area contributed by atoms with Gasteiger partial charge in [0.15, 0.2) is 0 Å². The molecule has 0 aromatic carbocycles. The lowest BCUT2D eigenvalue weighted by Gasteiger charge is -2.09. The molecule has 0 radical (unpaired) electrons. The number of nitrogens with one attached hydrogen (secondary N) is 1. The van der Waals surface area contributed by atoms with Crippen molar-refractivity contribution in [3.05, 3.63) is 16.1 Å². The van der Waals surface area contributed by atoms with Crippen molar-refractivity contribution in [2.24, 2.45) is 0 Å². The van der Waals surface area contributed by atoms with E-state index in [4.69, 9.17) is 5.11 Å². The summed E-state index contributed by atoms with van der Waals surface area (Å²) in [5.41, 5.74) is 0. The minimum atomic E-state index is -0.773. The quantitative estimate of drug-likeness (QED) is 0.777. The number of hydrogen-bond donors (Lipinski definition) is 2. The van der Waals surface area contributed by atoms with Crippen molar-refractivity contribution < 1.29 is 9.90 Å². The standard InChI is InChI=1S/C9H14N2O2S/c1-6(3-9(12)13)10-4-8-5-11-7(2)14-8/h5-6,10H,3-4H2,1-2H3,(H,12,13). The Bertz CT molecular complexity index is 312. The third-order valence-electron chi connectivity index (χ3n) is 1.77. The Morgan fingerprint density at radius 1 is 1.79 bits per heavy atom. The molecule has 0 spiro atoms. The van der Waals surface area contributed by atoms with Gasteiger partial charge in [-0.3, -0.25) is 4.79 Å². The first-order chi connectivity index (χ1) is 6.58. The molecule has 1 heterocycles. The average molecular weight is 214 g/mol. The topological polar surface area (TPSA) is 62.2 Å². The number of rotatable bonds is 5. The van der Waals surface area contributed by atoms with Crippen LogP contribution in [0.3, 0.4) is 0 Å². The van der Waals surface area contributed by atoms with Crippen LogP contribution in [0.1, 0.15) is 23.2 Å². The molecular weight excluding hydrogens is 200 g/mol. The number of nitrogens with zero attached hydrogens (tertiary/aromatic N) is 1. The first-order valence-corrected chi connectivity index (χ1v) is 5.26. The molecule has 2 N–H and O–H groups in total. The SMILES string of the molecule is Cc1ncc(CNC(C)CC(=O)O)s1. The first kappa shape index (κ1) is 11.1. The van der Waals surface area contributed by atoms with E-state index in [0.29, 0.717) is 6.54 Å². The summed E-state index contributed by atoms with van der Waals surface area (Å²) in [6.45, 7) is 4.51. The van der Waals surface area contributed by atoms with E-state index in [1.807, 2.05) is 20.0 Å². The zero-order valence-corrected chi connectivity index (χ0v) is 9.10. The van der Waals surface area contributed by atoms with Crippen LogP contribution in [-0.2, 0) is 11.3 Å². The lowest BCUT2D eigenvalue weighted by Crippen LogP contribution is -2.27. The van der Waals surface area contributed by atoms with E-state index in [0.717, 1.165) is 9.88 Å². The molecular formula is C9H14N2O2S. The van der Waals surface area contributed by atoms with Gasteiger partial charge in [0.25, 0.3) is 0 Å². The number of carboxylic acid groups (broad SMARTS) is 1. The van der Waals surface area contributed by atoms with Crippen LogP contribution < -0.4 is 5.32 Å². The Balaban J connectivity index is 2.30. The fraction of sp³-hybridized carbons (Fsp3) is 0.556. The van der Waals surface area contributed by atoms with Crippen LogP contribution >= 0.6 is 11.3 Å². The van der Waals surface area contributed by atoms with Crippen molar-refractivity contribution in [2.75, 3.05) is 0 Å². The highest BCUT2D eigenvalue weighted by atomic mass is 32.1. The number of aryl methyl sites for hydroxylation is 1. The molecule has 0 amide bonds. The molecule has 0 fully saturated rings. The van der Waals surface area contributed by atoms with E-state index in [9.17, 15) is 4.79 Å². The minimum Gasteiger partial charge on any atom is -0.481 e. The fourth-order valence-corrected chi connectivity index (χ4v) is 1.84. The van der Waals surface area contributed by atoms with E-state index >= 15 is 0 Å². The van der Waals surface area contributed by atoms with Crippen molar-refractivity contribution in [3.8, 4) is 0 Å². The Morgan fingerprint density at radius 2 is 2.50 bits per heavy atom. The predicted octanol–water partition coefficient (Wildman–Crippen LogP) is 1.40. The third-order valence-corrected chi connectivity index (χ3v) is 2.69. The molecule has 1 aromatic heterocycles. The predicted molar refractivity (Wildman–Crippen MR) is 55.4 cm³/mol. The van der Waals surface area contributed by atoms with Gasteiger partial charge in [0.05, 0.1) is 11.4 Å². The zero-order valence-electron chi connectivity index (χ0n) is 8.28. The van der Waals surface area contributed by atoms with Crippen molar-refractivity contribution in [3.63, 3.8) is 0 Å². The highest BCUT2D eigenvalue weighted by Crippen LogP contribution is 2.11. The zero-order chi connectivity index (χ0) is 10.6. The summed E-state index contributed by atoms with van der Waals surface area (Å²) >= 11 is 1.63. The van der Waals surface area contributed by atoms with Gasteiger partial charge < -0.3 is 10.4 Å². The van der Waals surface area contributed by atoms with Crippen molar-refractivity contribution >= 4 is 17.3 Å². The van der Waals surface area contributed by atoms with Crippen LogP contribution in [0.4, 0.5) is 0 Å². The monoisotopic (exact) mass is 214 g/mol. The smallest absolute Gasteiger partial charge is 0.304 e. The van der Waals surface area contributed by atoms with Gasteiger partial charge in [0.1, 0.15) is 0 Å². The molecule has 1 unspecified atom stereocenters. The van der Waals surface area contributed by atoms with E-state index in [2.05, 4.69) is 10.3 Å². The van der Waals surface area contributed by atoms with E-state index < -0.39 is 5.97 Å². The molecule has 0 saturated carbocycles. The summed E-state index contributed by atoms with van der Waals surface area (Å²) in [7, 11) is 0. The van der Waals surface area contributed by atoms with Crippen LogP contribution in [-0.4, -0.2) is 22.1 Å². The maximum absolute atomic E-state index is 10.4. The molecule has 1 atom stereocenters. The second-order valence-electron chi connectivity index (χ2n) is 3.23. The van der Waals surface area contributed by atoms with Gasteiger partial charge >= 0.3 is 5.97 Å². The number of carbonyl (C=O) groups is 1. The number of aliphatic carboxylic acids is 1. The van der Waals surface area contributed by atoms with Gasteiger partial charge in [-0.15, -0.1) is 11.3 Å². The highest BCUT2D eigenvalue weighted by molar-refractivity contribution is 7.11. The Hall–Kier alpha value is -0.940. The van der Waals surface area contributed by atoms with Crippen LogP contribution in [0, 0.1) is 6.92 Å². The van der Waals surface area contributed by atoms with Crippen LogP contribution in [0.25, 0.3) is 0 Å². The van der Waals surface area contributed by atoms with Gasteiger partial charge in [0.2, 0.25) is 0 Å². The van der Waals surface area contributed by atoms with E-state index in [1.54, 1.807) is 11.3 Å². The molecule has 1 rings (SSSR count). The summed E-state index contributed by atoms with van der Waals surface area (Å²) in [5, 5.41) is 12.7. The van der Waals surface area contributed by atoms with Crippen LogP contribution in [0.2, 0.25) is 0 Å². The molecule has 0 aliphatic carbocycles. The highest BCUT2D eigenvalue weighted by Gasteiger charge is 2.07. The largest absolute Gasteiger partial charge is 0.481 e. The van der Waals surface area contributed by atoms with Gasteiger partial charge in [-0.05, 0) is 13.8 Å². The van der Waals surface area contributed by atoms with E-state index in [-0.39, 0.29) is 12.5 Å². The van der Waals surface area contributed by atoms with Crippen LogP contribution in [0.5, 0.6) is 0 Å². The van der Waals surface area contributed by atoms with E-state index in [1.165, 1.54) is 0 Å². The summed E-state index contributed by atoms with van der Waals surface area (Å²) < 4.78 is 0. The Labute approximate surface area is 87.0 Å². The number of carboxylic acids is 1. The number of thiazole rings is 1. The van der Waals surface area contributed by atoms with Gasteiger partial charge in [0, 0.05) is 23.7 Å². The second kappa shape index (κ2) is 5.07. The van der Waals surface area contributed by atoms with Crippen molar-refractivity contribution in [1.29, 1.82) is 0 Å². The molecule has 4 nitrogen and oxygen atoms in total. The molecule has 0 aliphatic heterocycles. The Morgan fingerprint density at radius 3 is 3.00 bits per heavy atom. The molecule has 0 aliphatic rings. The van der Waals surface area contributed by atoms with Crippen molar-refractivity contribution in [2.45, 2.75) is 32.9 Å². The van der Waals surface area contributed by atoms with Gasteiger partial charge in [-0.2, -0.15) is 0 Å². The summed E-state index contributed by atoms with van der Waals surface area (Å²) in [4.78, 5) is 15.6. The summed E-state index contributed by atoms with van der Waals surface area (Å²) in [5.74, 6) is -0.773. The lowest BCUT2D eigenvalue weighted by molar-refractivity contribution is -0.137.